The highest BCUT2D eigenvalue weighted by molar-refractivity contribution is 7.99. The van der Waals surface area contributed by atoms with Gasteiger partial charge in [-0.3, -0.25) is 0 Å². The van der Waals surface area contributed by atoms with E-state index in [2.05, 4.69) is 12.2 Å². The molecule has 1 aliphatic heterocycles. The monoisotopic (exact) mass is 238 g/mol. The summed E-state index contributed by atoms with van der Waals surface area (Å²) in [5.74, 6) is 1.25. The Bertz CT molecular complexity index is 267. The number of rotatable bonds is 4. The van der Waals surface area contributed by atoms with E-state index in [0.717, 1.165) is 6.42 Å². The van der Waals surface area contributed by atoms with Crippen molar-refractivity contribution in [2.24, 2.45) is 5.14 Å². The molecule has 6 heteroatoms. The van der Waals surface area contributed by atoms with Crippen LogP contribution in [0.3, 0.4) is 0 Å². The fourth-order valence-electron chi connectivity index (χ4n) is 1.58. The molecule has 0 radical (unpaired) electrons. The van der Waals surface area contributed by atoms with Crippen LogP contribution in [-0.2, 0) is 10.0 Å². The van der Waals surface area contributed by atoms with E-state index in [1.54, 1.807) is 0 Å². The first kappa shape index (κ1) is 12.3. The second-order valence-corrected chi connectivity index (χ2v) is 6.86. The number of nitrogens with one attached hydrogen (secondary N) is 1. The van der Waals surface area contributed by atoms with Gasteiger partial charge in [0.2, 0.25) is 10.0 Å². The Morgan fingerprint density at radius 2 is 2.29 bits per heavy atom. The lowest BCUT2D eigenvalue weighted by Gasteiger charge is -2.29. The lowest BCUT2D eigenvalue weighted by atomic mass is 10.1. The van der Waals surface area contributed by atoms with Crippen LogP contribution in [0.25, 0.3) is 0 Å². The number of hydrogen-bond acceptors (Lipinski definition) is 4. The Morgan fingerprint density at radius 1 is 1.57 bits per heavy atom. The minimum absolute atomic E-state index is 0.0287. The van der Waals surface area contributed by atoms with Gasteiger partial charge in [0, 0.05) is 17.8 Å². The maximum absolute atomic E-state index is 10.7. The highest BCUT2D eigenvalue weighted by Crippen LogP contribution is 2.24. The molecule has 1 aliphatic rings. The quantitative estimate of drug-likeness (QED) is 0.731. The van der Waals surface area contributed by atoms with Crippen molar-refractivity contribution in [1.82, 2.24) is 5.32 Å². The van der Waals surface area contributed by atoms with Gasteiger partial charge < -0.3 is 5.32 Å². The molecule has 2 unspecified atom stereocenters. The number of hydrogen-bond donors (Lipinski definition) is 2. The largest absolute Gasteiger partial charge is 0.312 e. The van der Waals surface area contributed by atoms with Crippen molar-refractivity contribution >= 4 is 21.8 Å². The molecule has 1 heterocycles. The van der Waals surface area contributed by atoms with Crippen molar-refractivity contribution in [2.45, 2.75) is 31.1 Å². The summed E-state index contributed by atoms with van der Waals surface area (Å²) in [5, 5.41) is 8.73. The van der Waals surface area contributed by atoms with Crippen LogP contribution in [-0.4, -0.2) is 37.8 Å². The molecule has 2 atom stereocenters. The van der Waals surface area contributed by atoms with Gasteiger partial charge in [0.15, 0.2) is 0 Å². The van der Waals surface area contributed by atoms with Crippen molar-refractivity contribution in [1.29, 1.82) is 0 Å². The third-order valence-corrected chi connectivity index (χ3v) is 4.55. The molecule has 3 N–H and O–H groups in total. The predicted molar refractivity (Wildman–Crippen MR) is 60.9 cm³/mol. The molecular weight excluding hydrogens is 220 g/mol. The van der Waals surface area contributed by atoms with Crippen LogP contribution >= 0.6 is 11.8 Å². The molecule has 0 saturated carbocycles. The first-order valence-corrected chi connectivity index (χ1v) is 7.61. The summed E-state index contributed by atoms with van der Waals surface area (Å²) in [6, 6.07) is 0.440. The van der Waals surface area contributed by atoms with Crippen molar-refractivity contribution in [3.05, 3.63) is 0 Å². The van der Waals surface area contributed by atoms with Crippen LogP contribution in [0.5, 0.6) is 0 Å². The summed E-state index contributed by atoms with van der Waals surface area (Å²) >= 11 is 1.94. The SMILES string of the molecule is CC1SCCCC1NCCS(N)(=O)=O. The first-order valence-electron chi connectivity index (χ1n) is 4.84. The molecular formula is C8H18N2O2S2. The van der Waals surface area contributed by atoms with Gasteiger partial charge in [0.1, 0.15) is 0 Å². The van der Waals surface area contributed by atoms with Crippen LogP contribution in [0.15, 0.2) is 0 Å². The van der Waals surface area contributed by atoms with Crippen LogP contribution in [0, 0.1) is 0 Å². The molecule has 0 spiro atoms. The van der Waals surface area contributed by atoms with Gasteiger partial charge in [0.05, 0.1) is 5.75 Å². The number of thioether (sulfide) groups is 1. The van der Waals surface area contributed by atoms with Crippen molar-refractivity contribution in [3.8, 4) is 0 Å². The minimum Gasteiger partial charge on any atom is -0.312 e. The van der Waals surface area contributed by atoms with E-state index in [1.807, 2.05) is 11.8 Å². The zero-order chi connectivity index (χ0) is 10.6. The van der Waals surface area contributed by atoms with E-state index in [1.165, 1.54) is 12.2 Å². The van der Waals surface area contributed by atoms with Gasteiger partial charge in [-0.25, -0.2) is 13.6 Å². The van der Waals surface area contributed by atoms with Crippen LogP contribution in [0.4, 0.5) is 0 Å². The number of primary sulfonamides is 1. The molecule has 1 fully saturated rings. The smallest absolute Gasteiger partial charge is 0.210 e. The summed E-state index contributed by atoms with van der Waals surface area (Å²) in [5.41, 5.74) is 0. The Hall–Kier alpha value is 0.220. The second-order valence-electron chi connectivity index (χ2n) is 3.65. The van der Waals surface area contributed by atoms with Gasteiger partial charge in [-0.1, -0.05) is 6.92 Å². The summed E-state index contributed by atoms with van der Waals surface area (Å²) in [6.07, 6.45) is 2.35. The van der Waals surface area contributed by atoms with E-state index in [0.29, 0.717) is 17.8 Å². The number of nitrogens with two attached hydrogens (primary N) is 1. The van der Waals surface area contributed by atoms with Crippen molar-refractivity contribution < 1.29 is 8.42 Å². The molecule has 1 rings (SSSR count). The van der Waals surface area contributed by atoms with Gasteiger partial charge in [-0.2, -0.15) is 11.8 Å². The fourth-order valence-corrected chi connectivity index (χ4v) is 3.15. The lowest BCUT2D eigenvalue weighted by molar-refractivity contribution is 0.474. The molecule has 1 saturated heterocycles. The van der Waals surface area contributed by atoms with E-state index in [-0.39, 0.29) is 5.75 Å². The Labute approximate surface area is 90.1 Å². The lowest BCUT2D eigenvalue weighted by Crippen LogP contribution is -2.42. The zero-order valence-electron chi connectivity index (χ0n) is 8.40. The van der Waals surface area contributed by atoms with Crippen molar-refractivity contribution in [2.75, 3.05) is 18.1 Å². The standard InChI is InChI=1S/C8H18N2O2S2/c1-7-8(3-2-5-13-7)10-4-6-14(9,11)12/h7-8,10H,2-6H2,1H3,(H2,9,11,12). The van der Waals surface area contributed by atoms with E-state index in [9.17, 15) is 8.42 Å². The Balaban J connectivity index is 2.23. The summed E-state index contributed by atoms with van der Waals surface area (Å²) in [6.45, 7) is 2.65. The van der Waals surface area contributed by atoms with Crippen LogP contribution in [0.2, 0.25) is 0 Å². The fraction of sp³-hybridized carbons (Fsp3) is 1.00. The summed E-state index contributed by atoms with van der Waals surface area (Å²) < 4.78 is 21.4. The Kier molecular flexibility index (Phi) is 4.69. The van der Waals surface area contributed by atoms with E-state index < -0.39 is 10.0 Å². The Morgan fingerprint density at radius 3 is 2.86 bits per heavy atom. The highest BCUT2D eigenvalue weighted by Gasteiger charge is 2.21. The minimum atomic E-state index is -3.31. The third-order valence-electron chi connectivity index (χ3n) is 2.40. The van der Waals surface area contributed by atoms with Gasteiger partial charge in [-0.15, -0.1) is 0 Å². The molecule has 0 aromatic carbocycles. The number of sulfonamides is 1. The van der Waals surface area contributed by atoms with Gasteiger partial charge in [0.25, 0.3) is 0 Å². The molecule has 0 amide bonds. The first-order chi connectivity index (χ1) is 6.49. The molecule has 84 valence electrons. The average molecular weight is 238 g/mol. The van der Waals surface area contributed by atoms with Gasteiger partial charge >= 0.3 is 0 Å². The second kappa shape index (κ2) is 5.34. The van der Waals surface area contributed by atoms with Crippen LogP contribution < -0.4 is 10.5 Å². The molecule has 0 aromatic heterocycles. The molecule has 0 aromatic rings. The summed E-state index contributed by atoms with van der Waals surface area (Å²) in [4.78, 5) is 0. The zero-order valence-corrected chi connectivity index (χ0v) is 10.0. The molecule has 0 bridgehead atoms. The van der Waals surface area contributed by atoms with Gasteiger partial charge in [-0.05, 0) is 18.6 Å². The predicted octanol–water partition coefficient (Wildman–Crippen LogP) is 0.149. The topological polar surface area (TPSA) is 72.2 Å². The highest BCUT2D eigenvalue weighted by atomic mass is 32.2. The maximum atomic E-state index is 10.7. The average Bonchev–Trinajstić information content (AvgIpc) is 2.06. The molecule has 14 heavy (non-hydrogen) atoms. The maximum Gasteiger partial charge on any atom is 0.210 e. The van der Waals surface area contributed by atoms with E-state index >= 15 is 0 Å². The molecule has 0 aliphatic carbocycles. The normalized spacial score (nSPS) is 29.0. The van der Waals surface area contributed by atoms with E-state index in [4.69, 9.17) is 5.14 Å². The third kappa shape index (κ3) is 4.63. The summed E-state index contributed by atoms with van der Waals surface area (Å²) in [7, 11) is -3.31. The van der Waals surface area contributed by atoms with Crippen LogP contribution in [0.1, 0.15) is 19.8 Å². The van der Waals surface area contributed by atoms with Crippen molar-refractivity contribution in [3.63, 3.8) is 0 Å². The molecule has 4 nitrogen and oxygen atoms in total.